The van der Waals surface area contributed by atoms with Crippen LogP contribution in [0.3, 0.4) is 0 Å². The van der Waals surface area contributed by atoms with Crippen molar-refractivity contribution in [2.45, 2.75) is 17.9 Å². The maximum absolute atomic E-state index is 8.93. The minimum absolute atomic E-state index is 0.0415. The zero-order valence-corrected chi connectivity index (χ0v) is 8.30. The predicted molar refractivity (Wildman–Crippen MR) is 53.4 cm³/mol. The summed E-state index contributed by atoms with van der Waals surface area (Å²) in [7, 11) is 0. The molecule has 0 fully saturated rings. The normalized spacial score (nSPS) is 20.6. The first-order valence-corrected chi connectivity index (χ1v) is 5.29. The maximum Gasteiger partial charge on any atom is 0.133 e. The summed E-state index contributed by atoms with van der Waals surface area (Å²) in [6.45, 7) is 2.17. The second-order valence-electron chi connectivity index (χ2n) is 3.18. The molecule has 2 rings (SSSR count). The Bertz CT molecular complexity index is 312. The highest BCUT2D eigenvalue weighted by Gasteiger charge is 2.18. The van der Waals surface area contributed by atoms with Crippen LogP contribution in [0.1, 0.15) is 5.56 Å². The quantitative estimate of drug-likeness (QED) is 0.743. The van der Waals surface area contributed by atoms with Gasteiger partial charge in [-0.3, -0.25) is 0 Å². The standard InChI is InChI=1S/C10H12O2S/c1-7-2-3-9-10(4-7)13-6-8(5-11)12-9/h2-4,8,11H,5-6H2,1H3. The van der Waals surface area contributed by atoms with Gasteiger partial charge in [0.15, 0.2) is 0 Å². The van der Waals surface area contributed by atoms with E-state index in [0.717, 1.165) is 11.5 Å². The van der Waals surface area contributed by atoms with Gasteiger partial charge in [-0.05, 0) is 24.6 Å². The lowest BCUT2D eigenvalue weighted by Crippen LogP contribution is -2.26. The predicted octanol–water partition coefficient (Wildman–Crippen LogP) is 1.84. The Morgan fingerprint density at radius 1 is 1.62 bits per heavy atom. The first kappa shape index (κ1) is 8.91. The van der Waals surface area contributed by atoms with Crippen LogP contribution in [0.4, 0.5) is 0 Å². The fraction of sp³-hybridized carbons (Fsp3) is 0.400. The third kappa shape index (κ3) is 1.81. The zero-order chi connectivity index (χ0) is 9.26. The zero-order valence-electron chi connectivity index (χ0n) is 7.49. The van der Waals surface area contributed by atoms with Crippen molar-refractivity contribution < 1.29 is 9.84 Å². The number of benzene rings is 1. The Labute approximate surface area is 81.9 Å². The van der Waals surface area contributed by atoms with Gasteiger partial charge in [0.05, 0.1) is 6.61 Å². The van der Waals surface area contributed by atoms with Crippen molar-refractivity contribution in [2.24, 2.45) is 0 Å². The molecule has 0 aromatic heterocycles. The third-order valence-corrected chi connectivity index (χ3v) is 3.19. The summed E-state index contributed by atoms with van der Waals surface area (Å²) in [4.78, 5) is 1.18. The molecule has 1 aliphatic heterocycles. The number of aliphatic hydroxyl groups excluding tert-OH is 1. The van der Waals surface area contributed by atoms with Gasteiger partial charge in [-0.25, -0.2) is 0 Å². The Balaban J connectivity index is 2.26. The van der Waals surface area contributed by atoms with Gasteiger partial charge in [0, 0.05) is 10.6 Å². The minimum atomic E-state index is -0.0415. The van der Waals surface area contributed by atoms with Crippen LogP contribution in [0.15, 0.2) is 23.1 Å². The average Bonchev–Trinajstić information content (AvgIpc) is 2.17. The lowest BCUT2D eigenvalue weighted by Gasteiger charge is -2.24. The van der Waals surface area contributed by atoms with E-state index in [1.807, 2.05) is 12.1 Å². The molecule has 1 aromatic rings. The van der Waals surface area contributed by atoms with E-state index in [9.17, 15) is 0 Å². The monoisotopic (exact) mass is 196 g/mol. The molecular weight excluding hydrogens is 184 g/mol. The van der Waals surface area contributed by atoms with Gasteiger partial charge >= 0.3 is 0 Å². The second kappa shape index (κ2) is 3.60. The summed E-state index contributed by atoms with van der Waals surface area (Å²) < 4.78 is 5.57. The van der Waals surface area contributed by atoms with Crippen molar-refractivity contribution in [3.8, 4) is 5.75 Å². The molecule has 0 bridgehead atoms. The molecule has 1 aromatic carbocycles. The van der Waals surface area contributed by atoms with Crippen LogP contribution in [0, 0.1) is 6.92 Å². The first-order chi connectivity index (χ1) is 6.29. The summed E-state index contributed by atoms with van der Waals surface area (Å²) in [6, 6.07) is 6.12. The fourth-order valence-corrected chi connectivity index (χ4v) is 2.38. The van der Waals surface area contributed by atoms with Gasteiger partial charge in [-0.2, -0.15) is 0 Å². The summed E-state index contributed by atoms with van der Waals surface area (Å²) in [5.74, 6) is 1.74. The lowest BCUT2D eigenvalue weighted by molar-refractivity contribution is 0.127. The Morgan fingerprint density at radius 2 is 2.46 bits per heavy atom. The first-order valence-electron chi connectivity index (χ1n) is 4.30. The molecule has 1 aliphatic rings. The van der Waals surface area contributed by atoms with E-state index in [2.05, 4.69) is 13.0 Å². The van der Waals surface area contributed by atoms with Crippen molar-refractivity contribution in [3.63, 3.8) is 0 Å². The number of hydrogen-bond donors (Lipinski definition) is 1. The number of fused-ring (bicyclic) bond motifs is 1. The van der Waals surface area contributed by atoms with Gasteiger partial charge in [-0.1, -0.05) is 6.07 Å². The van der Waals surface area contributed by atoms with E-state index in [-0.39, 0.29) is 12.7 Å². The molecule has 0 saturated carbocycles. The summed E-state index contributed by atoms with van der Waals surface area (Å²) in [6.07, 6.45) is -0.0415. The highest BCUT2D eigenvalue weighted by Crippen LogP contribution is 2.35. The van der Waals surface area contributed by atoms with Crippen molar-refractivity contribution in [3.05, 3.63) is 23.8 Å². The molecule has 0 amide bonds. The molecule has 3 heteroatoms. The topological polar surface area (TPSA) is 29.5 Å². The molecule has 1 unspecified atom stereocenters. The maximum atomic E-state index is 8.93. The lowest BCUT2D eigenvalue weighted by atomic mass is 10.2. The van der Waals surface area contributed by atoms with Crippen molar-refractivity contribution in [2.75, 3.05) is 12.4 Å². The fourth-order valence-electron chi connectivity index (χ4n) is 1.31. The molecule has 1 N–H and O–H groups in total. The minimum Gasteiger partial charge on any atom is -0.486 e. The van der Waals surface area contributed by atoms with Crippen LogP contribution < -0.4 is 4.74 Å². The Kier molecular flexibility index (Phi) is 2.47. The molecule has 1 atom stereocenters. The molecule has 0 saturated heterocycles. The number of aliphatic hydroxyl groups is 1. The SMILES string of the molecule is Cc1ccc2c(c1)SCC(CO)O2. The number of hydrogen-bond acceptors (Lipinski definition) is 3. The summed E-state index contributed by atoms with van der Waals surface area (Å²) >= 11 is 1.75. The van der Waals surface area contributed by atoms with Crippen LogP contribution in [0.5, 0.6) is 5.75 Å². The van der Waals surface area contributed by atoms with Crippen molar-refractivity contribution >= 4 is 11.8 Å². The highest BCUT2D eigenvalue weighted by atomic mass is 32.2. The number of ether oxygens (including phenoxy) is 1. The molecule has 1 heterocycles. The summed E-state index contributed by atoms with van der Waals surface area (Å²) in [5.41, 5.74) is 1.25. The second-order valence-corrected chi connectivity index (χ2v) is 4.25. The number of rotatable bonds is 1. The van der Waals surface area contributed by atoms with Crippen LogP contribution in [-0.2, 0) is 0 Å². The molecule has 2 nitrogen and oxygen atoms in total. The molecule has 70 valence electrons. The smallest absolute Gasteiger partial charge is 0.133 e. The summed E-state index contributed by atoms with van der Waals surface area (Å²) in [5, 5.41) is 8.93. The van der Waals surface area contributed by atoms with Crippen molar-refractivity contribution in [1.29, 1.82) is 0 Å². The molecule has 0 spiro atoms. The van der Waals surface area contributed by atoms with Gasteiger partial charge in [0.25, 0.3) is 0 Å². The van der Waals surface area contributed by atoms with E-state index in [1.54, 1.807) is 11.8 Å². The highest BCUT2D eigenvalue weighted by molar-refractivity contribution is 7.99. The molecular formula is C10H12O2S. The molecule has 0 aliphatic carbocycles. The van der Waals surface area contributed by atoms with Gasteiger partial charge in [-0.15, -0.1) is 11.8 Å². The van der Waals surface area contributed by atoms with Crippen molar-refractivity contribution in [1.82, 2.24) is 0 Å². The van der Waals surface area contributed by atoms with Crippen LogP contribution in [-0.4, -0.2) is 23.6 Å². The van der Waals surface area contributed by atoms with Gasteiger partial charge < -0.3 is 9.84 Å². The van der Waals surface area contributed by atoms with E-state index >= 15 is 0 Å². The van der Waals surface area contributed by atoms with E-state index in [4.69, 9.17) is 9.84 Å². The number of aryl methyl sites for hydroxylation is 1. The third-order valence-electron chi connectivity index (χ3n) is 2.02. The average molecular weight is 196 g/mol. The molecule has 13 heavy (non-hydrogen) atoms. The number of thioether (sulfide) groups is 1. The molecule has 0 radical (unpaired) electrons. The Hall–Kier alpha value is -0.670. The Morgan fingerprint density at radius 3 is 3.23 bits per heavy atom. The van der Waals surface area contributed by atoms with Gasteiger partial charge in [0.2, 0.25) is 0 Å². The van der Waals surface area contributed by atoms with Gasteiger partial charge in [0.1, 0.15) is 11.9 Å². The van der Waals surface area contributed by atoms with E-state index in [1.165, 1.54) is 10.5 Å². The van der Waals surface area contributed by atoms with E-state index in [0.29, 0.717) is 0 Å². The van der Waals surface area contributed by atoms with Crippen LogP contribution in [0.2, 0.25) is 0 Å². The van der Waals surface area contributed by atoms with E-state index < -0.39 is 0 Å². The largest absolute Gasteiger partial charge is 0.486 e. The van der Waals surface area contributed by atoms with Crippen LogP contribution in [0.25, 0.3) is 0 Å². The van der Waals surface area contributed by atoms with Crippen LogP contribution >= 0.6 is 11.8 Å².